The van der Waals surface area contributed by atoms with E-state index in [1.54, 1.807) is 0 Å². The molecular weight excluding hydrogens is 460 g/mol. The zero-order valence-corrected chi connectivity index (χ0v) is 21.0. The van der Waals surface area contributed by atoms with E-state index in [9.17, 15) is 4.79 Å². The third kappa shape index (κ3) is 5.48. The molecule has 2 aliphatic rings. The first kappa shape index (κ1) is 23.6. The zero-order chi connectivity index (χ0) is 25.0. The van der Waals surface area contributed by atoms with E-state index in [4.69, 9.17) is 0 Å². The summed E-state index contributed by atoms with van der Waals surface area (Å²) in [5.74, 6) is 1.99. The predicted molar refractivity (Wildman–Crippen MR) is 145 cm³/mol. The second kappa shape index (κ2) is 10.7. The van der Waals surface area contributed by atoms with Crippen molar-refractivity contribution in [2.75, 3.05) is 38.0 Å². The normalized spacial score (nSPS) is 15.7. The molecule has 37 heavy (non-hydrogen) atoms. The number of hydrogen-bond acceptors (Lipinski definition) is 5. The van der Waals surface area contributed by atoms with Gasteiger partial charge in [-0.2, -0.15) is 0 Å². The van der Waals surface area contributed by atoms with Crippen molar-refractivity contribution in [1.29, 1.82) is 0 Å². The van der Waals surface area contributed by atoms with Crippen LogP contribution >= 0.6 is 0 Å². The molecule has 188 valence electrons. The fourth-order valence-electron chi connectivity index (χ4n) is 5.37. The van der Waals surface area contributed by atoms with Gasteiger partial charge in [0.2, 0.25) is 5.91 Å². The molecule has 0 radical (unpaired) electrons. The molecule has 1 fully saturated rings. The Morgan fingerprint density at radius 3 is 2.24 bits per heavy atom. The average molecular weight is 493 g/mol. The van der Waals surface area contributed by atoms with Crippen molar-refractivity contribution in [3.8, 4) is 5.69 Å². The van der Waals surface area contributed by atoms with Crippen LogP contribution in [0.4, 0.5) is 5.69 Å². The summed E-state index contributed by atoms with van der Waals surface area (Å²) in [5.41, 5.74) is 5.74. The third-order valence-electron chi connectivity index (χ3n) is 7.31. The van der Waals surface area contributed by atoms with E-state index in [-0.39, 0.29) is 5.91 Å². The predicted octanol–water partition coefficient (Wildman–Crippen LogP) is 3.71. The van der Waals surface area contributed by atoms with Crippen LogP contribution in [0.1, 0.15) is 28.3 Å². The minimum atomic E-state index is 0.0435. The fraction of sp³-hybridized carbons (Fsp3) is 0.300. The molecule has 0 unspecified atom stereocenters. The van der Waals surface area contributed by atoms with Crippen LogP contribution in [0.5, 0.6) is 0 Å². The highest BCUT2D eigenvalue weighted by Crippen LogP contribution is 2.28. The van der Waals surface area contributed by atoms with Gasteiger partial charge in [-0.1, -0.05) is 60.7 Å². The van der Waals surface area contributed by atoms with E-state index in [0.29, 0.717) is 6.54 Å². The molecule has 0 aliphatic carbocycles. The van der Waals surface area contributed by atoms with Crippen molar-refractivity contribution in [3.63, 3.8) is 0 Å². The lowest BCUT2D eigenvalue weighted by atomic mass is 10.0. The Bertz CT molecular complexity index is 1360. The van der Waals surface area contributed by atoms with Crippen LogP contribution in [-0.2, 0) is 30.6 Å². The Kier molecular flexibility index (Phi) is 6.80. The van der Waals surface area contributed by atoms with E-state index in [2.05, 4.69) is 96.6 Å². The van der Waals surface area contributed by atoms with Gasteiger partial charge < -0.3 is 5.32 Å². The van der Waals surface area contributed by atoms with Gasteiger partial charge in [-0.05, 0) is 41.3 Å². The van der Waals surface area contributed by atoms with Gasteiger partial charge in [-0.3, -0.25) is 19.2 Å². The lowest BCUT2D eigenvalue weighted by Crippen LogP contribution is -2.48. The molecule has 6 rings (SSSR count). The number of carbonyl (C=O) groups excluding carboxylic acids is 1. The minimum Gasteiger partial charge on any atom is -0.325 e. The van der Waals surface area contributed by atoms with Crippen molar-refractivity contribution in [2.45, 2.75) is 25.8 Å². The molecule has 0 spiro atoms. The highest BCUT2D eigenvalue weighted by atomic mass is 16.2. The van der Waals surface area contributed by atoms with Crippen LogP contribution in [0.3, 0.4) is 0 Å². The summed E-state index contributed by atoms with van der Waals surface area (Å²) in [4.78, 5) is 17.5. The number of nitrogens with zero attached hydrogens (tertiary/aromatic N) is 5. The van der Waals surface area contributed by atoms with Crippen molar-refractivity contribution >= 4 is 11.6 Å². The smallest absolute Gasteiger partial charge is 0.238 e. The first-order valence-corrected chi connectivity index (χ1v) is 13.1. The molecule has 3 aromatic carbocycles. The van der Waals surface area contributed by atoms with Crippen LogP contribution < -0.4 is 5.32 Å². The molecule has 0 atom stereocenters. The van der Waals surface area contributed by atoms with Gasteiger partial charge in [0.15, 0.2) is 0 Å². The summed E-state index contributed by atoms with van der Waals surface area (Å²) < 4.78 is 2.19. The van der Waals surface area contributed by atoms with Crippen molar-refractivity contribution in [3.05, 3.63) is 107 Å². The van der Waals surface area contributed by atoms with Crippen LogP contribution in [0.25, 0.3) is 5.69 Å². The molecule has 1 amide bonds. The number of hydrogen-bond donors (Lipinski definition) is 1. The third-order valence-corrected chi connectivity index (χ3v) is 7.31. The lowest BCUT2D eigenvalue weighted by molar-refractivity contribution is -0.117. The summed E-state index contributed by atoms with van der Waals surface area (Å²) in [6, 6.07) is 27.1. The molecule has 1 N–H and O–H groups in total. The molecule has 2 aliphatic heterocycles. The lowest BCUT2D eigenvalue weighted by Gasteiger charge is -2.34. The van der Waals surface area contributed by atoms with Gasteiger partial charge in [0.25, 0.3) is 0 Å². The number of anilines is 1. The van der Waals surface area contributed by atoms with Crippen molar-refractivity contribution in [2.24, 2.45) is 0 Å². The number of aromatic nitrogens is 3. The summed E-state index contributed by atoms with van der Waals surface area (Å²) in [7, 11) is 0. The number of benzene rings is 3. The Morgan fingerprint density at radius 2 is 1.49 bits per heavy atom. The molecule has 0 bridgehead atoms. The summed E-state index contributed by atoms with van der Waals surface area (Å²) in [5, 5.41) is 12.1. The van der Waals surface area contributed by atoms with Crippen LogP contribution in [0, 0.1) is 0 Å². The Morgan fingerprint density at radius 1 is 0.784 bits per heavy atom. The highest BCUT2D eigenvalue weighted by molar-refractivity contribution is 5.92. The number of rotatable bonds is 7. The summed E-state index contributed by atoms with van der Waals surface area (Å²) in [6.07, 6.45) is 2.48. The van der Waals surface area contributed by atoms with Gasteiger partial charge in [0.05, 0.1) is 12.2 Å². The Hall–Kier alpha value is -3.81. The number of amides is 1. The van der Waals surface area contributed by atoms with E-state index in [0.717, 1.165) is 75.0 Å². The molecule has 4 aromatic rings. The van der Waals surface area contributed by atoms with E-state index in [1.807, 2.05) is 12.1 Å². The topological polar surface area (TPSA) is 66.3 Å². The van der Waals surface area contributed by atoms with Gasteiger partial charge >= 0.3 is 0 Å². The second-order valence-corrected chi connectivity index (χ2v) is 9.96. The molecular formula is C30H32N6O. The number of aryl methyl sites for hydroxylation is 2. The number of carbonyl (C=O) groups is 1. The van der Waals surface area contributed by atoms with Gasteiger partial charge in [0, 0.05) is 51.3 Å². The first-order valence-electron chi connectivity index (χ1n) is 13.1. The molecule has 3 heterocycles. The SMILES string of the molecule is O=C(CN1CCN(Cc2ccccc2)CC1)Nc1ccc2c(c1)CCc1nnc(Cc3ccccc3)n1-2. The zero-order valence-electron chi connectivity index (χ0n) is 21.0. The van der Waals surface area contributed by atoms with E-state index in [1.165, 1.54) is 16.7 Å². The van der Waals surface area contributed by atoms with E-state index < -0.39 is 0 Å². The largest absolute Gasteiger partial charge is 0.325 e. The summed E-state index contributed by atoms with van der Waals surface area (Å²) >= 11 is 0. The van der Waals surface area contributed by atoms with Gasteiger partial charge in [-0.15, -0.1) is 10.2 Å². The quantitative estimate of drug-likeness (QED) is 0.426. The van der Waals surface area contributed by atoms with Crippen molar-refractivity contribution in [1.82, 2.24) is 24.6 Å². The maximum Gasteiger partial charge on any atom is 0.238 e. The molecule has 1 saturated heterocycles. The van der Waals surface area contributed by atoms with Crippen LogP contribution in [0.2, 0.25) is 0 Å². The maximum absolute atomic E-state index is 12.8. The Labute approximate surface area is 217 Å². The second-order valence-electron chi connectivity index (χ2n) is 9.96. The van der Waals surface area contributed by atoms with Gasteiger partial charge in [0.1, 0.15) is 11.6 Å². The number of nitrogens with one attached hydrogen (secondary N) is 1. The molecule has 7 heteroatoms. The molecule has 7 nitrogen and oxygen atoms in total. The standard InChI is InChI=1S/C30H32N6O/c37-30(22-35-17-15-34(16-18-35)21-24-9-5-2-6-10-24)31-26-12-13-27-25(20-26)11-14-28-32-33-29(36(27)28)19-23-7-3-1-4-8-23/h1-10,12-13,20H,11,14-19,21-22H2,(H,31,37). The average Bonchev–Trinajstić information content (AvgIpc) is 3.34. The molecule has 0 saturated carbocycles. The number of fused-ring (bicyclic) bond motifs is 3. The van der Waals surface area contributed by atoms with Crippen LogP contribution in [-0.4, -0.2) is 63.2 Å². The van der Waals surface area contributed by atoms with Crippen molar-refractivity contribution < 1.29 is 4.79 Å². The van der Waals surface area contributed by atoms with E-state index >= 15 is 0 Å². The maximum atomic E-state index is 12.8. The summed E-state index contributed by atoms with van der Waals surface area (Å²) in [6.45, 7) is 5.17. The first-order chi connectivity index (χ1) is 18.2. The highest BCUT2D eigenvalue weighted by Gasteiger charge is 2.23. The molecule has 1 aromatic heterocycles. The monoisotopic (exact) mass is 492 g/mol. The minimum absolute atomic E-state index is 0.0435. The van der Waals surface area contributed by atoms with Crippen LogP contribution in [0.15, 0.2) is 78.9 Å². The van der Waals surface area contributed by atoms with Gasteiger partial charge in [-0.25, -0.2) is 0 Å². The Balaban J connectivity index is 1.06. The number of piperazine rings is 1. The fourth-order valence-corrected chi connectivity index (χ4v) is 5.37.